The summed E-state index contributed by atoms with van der Waals surface area (Å²) in [5.41, 5.74) is 5.13. The second-order valence-electron chi connectivity index (χ2n) is 12.1. The van der Waals surface area contributed by atoms with E-state index in [2.05, 4.69) is 164 Å². The lowest BCUT2D eigenvalue weighted by molar-refractivity contribution is 0.112. The summed E-state index contributed by atoms with van der Waals surface area (Å²) in [6.07, 6.45) is 0.934. The zero-order valence-electron chi connectivity index (χ0n) is 28.2. The molecule has 0 saturated carbocycles. The third kappa shape index (κ3) is 13.6. The number of rotatable bonds is 12. The molecule has 1 nitrogen and oxygen atoms in total. The van der Waals surface area contributed by atoms with E-state index in [4.69, 9.17) is 11.8 Å². The summed E-state index contributed by atoms with van der Waals surface area (Å²) in [4.78, 5) is 11.7. The summed E-state index contributed by atoms with van der Waals surface area (Å²) in [5.74, 6) is 6.41. The number of carbonyl (C=O) groups is 1. The lowest BCUT2D eigenvalue weighted by Gasteiger charge is -2.45. The molecule has 15 atom stereocenters. The predicted molar refractivity (Wildman–Crippen MR) is 303 cm³/mol. The fourth-order valence-corrected chi connectivity index (χ4v) is 290. The molecular formula is C24H49OP23S. The van der Waals surface area contributed by atoms with Crippen molar-refractivity contribution in [3.05, 3.63) is 70.3 Å². The Kier molecular flexibility index (Phi) is 26.2. The molecule has 272 valence electrons. The Labute approximate surface area is 342 Å². The van der Waals surface area contributed by atoms with Crippen LogP contribution in [0, 0.1) is 17.3 Å². The van der Waals surface area contributed by atoms with Crippen LogP contribution in [0.3, 0.4) is 0 Å². The van der Waals surface area contributed by atoms with Gasteiger partial charge >= 0.3 is 0 Å². The van der Waals surface area contributed by atoms with Gasteiger partial charge in [0.1, 0.15) is 0 Å². The van der Waals surface area contributed by atoms with Crippen molar-refractivity contribution in [2.75, 3.05) is 0 Å². The first-order chi connectivity index (χ1) is 22.6. The van der Waals surface area contributed by atoms with Gasteiger partial charge in [-0.2, -0.15) is 0 Å². The monoisotopic (exact) mass is 1100 g/mol. The highest BCUT2D eigenvalue weighted by Gasteiger charge is 2.57. The third-order valence-corrected chi connectivity index (χ3v) is 159. The molecular weight excluding hydrogens is 1050 g/mol. The van der Waals surface area contributed by atoms with Crippen LogP contribution in [0.25, 0.3) is 0 Å². The molecule has 0 spiro atoms. The molecule has 1 aliphatic carbocycles. The average Bonchev–Trinajstić information content (AvgIpc) is 3.11. The number of hydrogen-bond donors (Lipinski definition) is 0. The minimum absolute atomic E-state index is 0.00498. The Balaban J connectivity index is 0.000000341. The van der Waals surface area contributed by atoms with E-state index in [1.807, 2.05) is 30.3 Å². The number of aldehydes is 1. The first kappa shape index (κ1) is 52.8. The highest BCUT2D eigenvalue weighted by Crippen LogP contribution is 3.31. The molecule has 3 rings (SSSR count). The SMILES string of the molecule is CC1(C)c2cc(C#Cc3ccccc3)c(C=O)cc2C(C)(C)C1(C)C.PPP(P(P)P)P(P(P=S)P(P(P)P)P(P)P)P(P(P)P)P(P)P. The van der Waals surface area contributed by atoms with Crippen molar-refractivity contribution in [2.45, 2.75) is 52.4 Å². The van der Waals surface area contributed by atoms with E-state index in [-0.39, 0.29) is 86.1 Å². The molecule has 0 saturated heterocycles. The van der Waals surface area contributed by atoms with Crippen LogP contribution in [0.5, 0.6) is 0 Å². The number of benzene rings is 2. The highest BCUT2D eigenvalue weighted by molar-refractivity contribution is 9.38. The molecule has 15 unspecified atom stereocenters. The first-order valence-corrected chi connectivity index (χ1v) is 56.3. The van der Waals surface area contributed by atoms with Crippen molar-refractivity contribution in [1.29, 1.82) is 0 Å². The molecule has 0 radical (unpaired) electrons. The van der Waals surface area contributed by atoms with Crippen LogP contribution in [0.2, 0.25) is 0 Å². The van der Waals surface area contributed by atoms with Crippen LogP contribution in [-0.2, 0) is 22.6 Å². The Morgan fingerprint density at radius 2 is 1.16 bits per heavy atom. The molecule has 49 heavy (non-hydrogen) atoms. The molecule has 0 heterocycles. The van der Waals surface area contributed by atoms with Crippen molar-refractivity contribution in [2.24, 2.45) is 5.41 Å². The van der Waals surface area contributed by atoms with E-state index in [9.17, 15) is 4.79 Å². The molecule has 2 aromatic carbocycles. The topological polar surface area (TPSA) is 17.1 Å². The maximum Gasteiger partial charge on any atom is 0.151 e. The molecule has 1 aliphatic rings. The van der Waals surface area contributed by atoms with E-state index in [0.717, 1.165) is 25.4 Å². The van der Waals surface area contributed by atoms with E-state index in [1.54, 1.807) is 0 Å². The predicted octanol–water partition coefficient (Wildman–Crippen LogP) is 19.1. The van der Waals surface area contributed by atoms with Gasteiger partial charge in [0.15, 0.2) is 6.29 Å². The second-order valence-corrected chi connectivity index (χ2v) is 102. The number of hydrogen-bond acceptors (Lipinski definition) is 2. The summed E-state index contributed by atoms with van der Waals surface area (Å²) in [7, 11) is 37.2. The van der Waals surface area contributed by atoms with Crippen molar-refractivity contribution in [1.82, 2.24) is 0 Å². The third-order valence-electron chi connectivity index (χ3n) is 8.79. The Hall–Kier alpha value is 7.65. The lowest BCUT2D eigenvalue weighted by Crippen LogP contribution is -2.42. The van der Waals surface area contributed by atoms with Gasteiger partial charge in [-0.25, -0.2) is 0 Å². The Bertz CT molecular complexity index is 1460. The van der Waals surface area contributed by atoms with E-state index < -0.39 is 0 Å². The molecule has 0 aliphatic heterocycles. The van der Waals surface area contributed by atoms with E-state index in [1.165, 1.54) is 18.2 Å². The van der Waals surface area contributed by atoms with Gasteiger partial charge in [-0.15, -0.1) is 98.2 Å². The molecule has 0 N–H and O–H groups in total. The van der Waals surface area contributed by atoms with Gasteiger partial charge in [0.05, 0.1) is 0 Å². The van der Waals surface area contributed by atoms with Crippen molar-refractivity contribution >= 4 is 201 Å². The fourth-order valence-electron chi connectivity index (χ4n) is 5.15. The lowest BCUT2D eigenvalue weighted by atomic mass is 9.59. The number of carbonyl (C=O) groups excluding carboxylic acids is 1. The summed E-state index contributed by atoms with van der Waals surface area (Å²) < 4.78 is 0. The molecule has 25 heteroatoms. The van der Waals surface area contributed by atoms with Crippen molar-refractivity contribution < 1.29 is 4.79 Å². The van der Waals surface area contributed by atoms with Gasteiger partial charge < -0.3 is 0 Å². The molecule has 0 aromatic heterocycles. The maximum atomic E-state index is 11.7. The van der Waals surface area contributed by atoms with Crippen molar-refractivity contribution in [3.8, 4) is 11.8 Å². The van der Waals surface area contributed by atoms with Gasteiger partial charge in [0.25, 0.3) is 0 Å². The summed E-state index contributed by atoms with van der Waals surface area (Å²) in [6, 6.07) is 14.1. The second kappa shape index (κ2) is 24.3. The molecule has 2 aromatic rings. The van der Waals surface area contributed by atoms with Crippen LogP contribution in [0.1, 0.15) is 74.2 Å². The fraction of sp³-hybridized carbons (Fsp3) is 0.375. The van der Waals surface area contributed by atoms with Gasteiger partial charge in [-0.05, 0) is 108 Å². The summed E-state index contributed by atoms with van der Waals surface area (Å²) >= 11 is 5.83. The van der Waals surface area contributed by atoms with E-state index in [0.29, 0.717) is 5.56 Å². The molecule has 0 bridgehead atoms. The Morgan fingerprint density at radius 1 is 0.694 bits per heavy atom. The van der Waals surface area contributed by atoms with E-state index >= 15 is 0 Å². The normalized spacial score (nSPS) is 18.3. The van der Waals surface area contributed by atoms with Crippen molar-refractivity contribution in [3.63, 3.8) is 0 Å². The zero-order chi connectivity index (χ0) is 37.6. The zero-order valence-corrected chi connectivity index (χ0v) is 52.6. The molecule has 0 amide bonds. The average molecular weight is 1100 g/mol. The van der Waals surface area contributed by atoms with Crippen LogP contribution < -0.4 is 0 Å². The van der Waals surface area contributed by atoms with Crippen LogP contribution >= 0.6 is 183 Å². The smallest absolute Gasteiger partial charge is 0.151 e. The molecule has 0 fully saturated rings. The van der Waals surface area contributed by atoms with Gasteiger partial charge in [-0.1, -0.05) is 91.3 Å². The summed E-state index contributed by atoms with van der Waals surface area (Å²) in [5, 5.41) is 0. The maximum absolute atomic E-state index is 11.7. The largest absolute Gasteiger partial charge is 0.298 e. The van der Waals surface area contributed by atoms with Crippen LogP contribution in [0.15, 0.2) is 42.5 Å². The summed E-state index contributed by atoms with van der Waals surface area (Å²) in [6.45, 7) is 13.9. The number of fused-ring (bicyclic) bond motifs is 1. The highest BCUT2D eigenvalue weighted by atomic mass is 33.4. The minimum atomic E-state index is -0.0389. The van der Waals surface area contributed by atoms with Gasteiger partial charge in [0.2, 0.25) is 0 Å². The minimum Gasteiger partial charge on any atom is -0.298 e. The van der Waals surface area contributed by atoms with Gasteiger partial charge in [-0.3, -0.25) is 4.79 Å². The van der Waals surface area contributed by atoms with Crippen LogP contribution in [-0.4, -0.2) is 6.29 Å². The van der Waals surface area contributed by atoms with Crippen LogP contribution in [0.4, 0.5) is 0 Å². The quantitative estimate of drug-likeness (QED) is 0.120. The standard InChI is InChI=1S/C24H26O.H23P23S/c1-22(2)20-14-18(13-12-17-10-8-7-9-11-17)19(16-25)15-21(20)23(3,4)24(22,5)6;1-12-19(14(2)3)23(22(17(8)9)18(10)11)20(13-24)21(15(4)5)16(6)7/h7-11,14-16H,1-6H3;12H,1-11H2. The van der Waals surface area contributed by atoms with Gasteiger partial charge in [0, 0.05) is 37.7 Å². The Morgan fingerprint density at radius 3 is 1.55 bits per heavy atom. The first-order valence-electron chi connectivity index (χ1n) is 14.1.